The monoisotopic (exact) mass is 457 g/mol. The molecule has 180 valence electrons. The lowest BCUT2D eigenvalue weighted by Crippen LogP contribution is -2.56. The zero-order chi connectivity index (χ0) is 23.2. The molecule has 1 aromatic carbocycles. The van der Waals surface area contributed by atoms with Crippen LogP contribution in [-0.2, 0) is 5.41 Å². The highest BCUT2D eigenvalue weighted by Gasteiger charge is 2.60. The lowest BCUT2D eigenvalue weighted by atomic mass is 9.39. The first-order valence-corrected chi connectivity index (χ1v) is 16.7. The molecule has 0 spiro atoms. The molecule has 3 unspecified atom stereocenters. The zero-order valence-electron chi connectivity index (χ0n) is 21.5. The topological polar surface area (TPSA) is 32.7 Å². The van der Waals surface area contributed by atoms with E-state index in [1.165, 1.54) is 56.6 Å². The van der Waals surface area contributed by atoms with Gasteiger partial charge in [-0.2, -0.15) is 0 Å². The van der Waals surface area contributed by atoms with Gasteiger partial charge in [-0.15, -0.1) is 0 Å². The predicted molar refractivity (Wildman–Crippen MR) is 137 cm³/mol. The van der Waals surface area contributed by atoms with E-state index in [4.69, 9.17) is 4.74 Å². The normalized spacial score (nSPS) is 34.8. The minimum Gasteiger partial charge on any atom is -0.491 e. The fourth-order valence-electron chi connectivity index (χ4n) is 8.25. The van der Waals surface area contributed by atoms with Crippen LogP contribution < -0.4 is 4.74 Å². The van der Waals surface area contributed by atoms with Crippen LogP contribution in [0.5, 0.6) is 5.75 Å². The summed E-state index contributed by atoms with van der Waals surface area (Å²) >= 11 is 0. The summed E-state index contributed by atoms with van der Waals surface area (Å²) in [6.45, 7) is 14.4. The molecule has 4 aliphatic rings. The number of ether oxygens (including phenoxy) is 1. The van der Waals surface area contributed by atoms with E-state index in [0.29, 0.717) is 29.4 Å². The van der Waals surface area contributed by atoms with Gasteiger partial charge in [0.2, 0.25) is 0 Å². The van der Waals surface area contributed by atoms with E-state index in [0.717, 1.165) is 18.2 Å². The van der Waals surface area contributed by atoms with E-state index in [9.17, 15) is 5.11 Å². The Morgan fingerprint density at radius 1 is 1.03 bits per heavy atom. The van der Waals surface area contributed by atoms with Gasteiger partial charge in [0.1, 0.15) is 18.5 Å². The Bertz CT molecular complexity index is 768. The molecule has 5 rings (SSSR count). The van der Waals surface area contributed by atoms with Gasteiger partial charge in [-0.05, 0) is 98.4 Å². The summed E-state index contributed by atoms with van der Waals surface area (Å²) < 4.78 is 5.97. The smallest absolute Gasteiger partial charge is 0.119 e. The van der Waals surface area contributed by atoms with E-state index >= 15 is 0 Å². The molecule has 5 atom stereocenters. The highest BCUT2D eigenvalue weighted by molar-refractivity contribution is 6.76. The number of rotatable bonds is 10. The molecule has 32 heavy (non-hydrogen) atoms. The Labute approximate surface area is 197 Å². The molecule has 0 heterocycles. The van der Waals surface area contributed by atoms with Gasteiger partial charge in [0, 0.05) is 14.6 Å². The molecule has 4 bridgehead atoms. The van der Waals surface area contributed by atoms with Crippen LogP contribution in [0.1, 0.15) is 64.4 Å². The second-order valence-electron chi connectivity index (χ2n) is 13.8. The first-order valence-electron chi connectivity index (χ1n) is 13.0. The predicted octanol–water partition coefficient (Wildman–Crippen LogP) is 6.33. The maximum absolute atomic E-state index is 10.4. The van der Waals surface area contributed by atoms with Crippen molar-refractivity contribution in [2.24, 2.45) is 16.7 Å². The molecule has 4 saturated carbocycles. The summed E-state index contributed by atoms with van der Waals surface area (Å²) in [5.74, 6) is 1.80. The first kappa shape index (κ1) is 24.3. The average Bonchev–Trinajstić information content (AvgIpc) is 2.63. The van der Waals surface area contributed by atoms with Crippen molar-refractivity contribution < 1.29 is 9.84 Å². The van der Waals surface area contributed by atoms with E-state index < -0.39 is 14.2 Å². The maximum atomic E-state index is 10.4. The third-order valence-electron chi connectivity index (χ3n) is 8.52. The summed E-state index contributed by atoms with van der Waals surface area (Å²) in [4.78, 5) is 2.24. The molecule has 0 saturated heterocycles. The molecular formula is C28H47NO2Si. The molecular weight excluding hydrogens is 410 g/mol. The summed E-state index contributed by atoms with van der Waals surface area (Å²) in [7, 11) is 1.13. The Morgan fingerprint density at radius 2 is 1.66 bits per heavy atom. The largest absolute Gasteiger partial charge is 0.491 e. The maximum Gasteiger partial charge on any atom is 0.119 e. The van der Waals surface area contributed by atoms with Crippen molar-refractivity contribution in [3.05, 3.63) is 29.8 Å². The molecule has 4 fully saturated rings. The molecule has 4 aliphatic carbocycles. The third-order valence-corrected chi connectivity index (χ3v) is 10.4. The van der Waals surface area contributed by atoms with Gasteiger partial charge >= 0.3 is 0 Å². The van der Waals surface area contributed by atoms with Gasteiger partial charge < -0.3 is 14.7 Å². The van der Waals surface area contributed by atoms with Gasteiger partial charge in [0.05, 0.1) is 0 Å². The van der Waals surface area contributed by atoms with E-state index in [-0.39, 0.29) is 0 Å². The van der Waals surface area contributed by atoms with Crippen molar-refractivity contribution in [3.8, 4) is 5.75 Å². The highest BCUT2D eigenvalue weighted by Crippen LogP contribution is 2.69. The van der Waals surface area contributed by atoms with E-state index in [2.05, 4.69) is 69.7 Å². The molecule has 0 aromatic heterocycles. The third kappa shape index (κ3) is 5.62. The van der Waals surface area contributed by atoms with Crippen LogP contribution in [0.4, 0.5) is 0 Å². The van der Waals surface area contributed by atoms with Crippen LogP contribution in [0.2, 0.25) is 25.7 Å². The molecule has 0 amide bonds. The minimum absolute atomic E-state index is 0.362. The number of likely N-dealkylation sites (N-methyl/N-ethyl adjacent to an activating group) is 1. The minimum atomic E-state index is -0.973. The summed E-state index contributed by atoms with van der Waals surface area (Å²) in [5.41, 5.74) is 2.97. The van der Waals surface area contributed by atoms with Crippen molar-refractivity contribution >= 4 is 8.07 Å². The zero-order valence-corrected chi connectivity index (χ0v) is 22.5. The quantitative estimate of drug-likeness (QED) is 0.416. The Balaban J connectivity index is 1.28. The molecule has 4 heteroatoms. The Morgan fingerprint density at radius 3 is 2.22 bits per heavy atom. The highest BCUT2D eigenvalue weighted by atomic mass is 28.3. The van der Waals surface area contributed by atoms with Crippen LogP contribution in [0.3, 0.4) is 0 Å². The van der Waals surface area contributed by atoms with Gasteiger partial charge in [-0.25, -0.2) is 0 Å². The fraction of sp³-hybridized carbons (Fsp3) is 0.786. The number of hydrogen-bond donors (Lipinski definition) is 1. The second-order valence-corrected chi connectivity index (χ2v) is 19.4. The standard InChI is InChI=1S/C28H47NO2Si/c1-26-14-22-15-27(2,19-26)21-28(16-22,20-26)23-8-10-25(11-9-23)31-18-24(30)17-29(3)12-7-13-32(4,5)6/h8-11,22,24,30H,7,12-21H2,1-6H3/t22?,24?,26-,27+,28?. The van der Waals surface area contributed by atoms with Crippen LogP contribution in [0.25, 0.3) is 0 Å². The van der Waals surface area contributed by atoms with Crippen molar-refractivity contribution in [1.82, 2.24) is 4.90 Å². The second kappa shape index (κ2) is 8.74. The van der Waals surface area contributed by atoms with Crippen LogP contribution in [-0.4, -0.2) is 50.9 Å². The van der Waals surface area contributed by atoms with Gasteiger partial charge in [0.25, 0.3) is 0 Å². The number of benzene rings is 1. The number of nitrogens with zero attached hydrogens (tertiary/aromatic N) is 1. The Kier molecular flexibility index (Phi) is 6.63. The fourth-order valence-corrected chi connectivity index (χ4v) is 9.47. The lowest BCUT2D eigenvalue weighted by Gasteiger charge is -2.65. The lowest BCUT2D eigenvalue weighted by molar-refractivity contribution is -0.110. The van der Waals surface area contributed by atoms with Crippen LogP contribution in [0, 0.1) is 16.7 Å². The molecule has 1 aromatic rings. The summed E-state index contributed by atoms with van der Waals surface area (Å²) in [6.07, 6.45) is 9.16. The van der Waals surface area contributed by atoms with Gasteiger partial charge in [-0.1, -0.05) is 51.7 Å². The Hall–Kier alpha value is -0.843. The van der Waals surface area contributed by atoms with Gasteiger partial charge in [-0.3, -0.25) is 0 Å². The number of hydrogen-bond acceptors (Lipinski definition) is 3. The van der Waals surface area contributed by atoms with Gasteiger partial charge in [0.15, 0.2) is 0 Å². The van der Waals surface area contributed by atoms with Crippen LogP contribution in [0.15, 0.2) is 24.3 Å². The number of aliphatic hydroxyl groups excluding tert-OH is 1. The van der Waals surface area contributed by atoms with Crippen molar-refractivity contribution in [3.63, 3.8) is 0 Å². The summed E-state index contributed by atoms with van der Waals surface area (Å²) in [6, 6.07) is 10.3. The van der Waals surface area contributed by atoms with E-state index in [1.807, 2.05) is 0 Å². The van der Waals surface area contributed by atoms with E-state index in [1.54, 1.807) is 0 Å². The molecule has 1 N–H and O–H groups in total. The first-order chi connectivity index (χ1) is 14.9. The SMILES string of the molecule is CN(CCC[Si](C)(C)C)CC(O)COc1ccc(C23CC4C[C@@](C)(C2)C[C@](C)(C4)C3)cc1. The number of aliphatic hydroxyl groups is 1. The van der Waals surface area contributed by atoms with Crippen molar-refractivity contribution in [2.45, 2.75) is 96.0 Å². The van der Waals surface area contributed by atoms with Crippen molar-refractivity contribution in [2.75, 3.05) is 26.7 Å². The molecule has 0 radical (unpaired) electrons. The molecule has 0 aliphatic heterocycles. The van der Waals surface area contributed by atoms with Crippen molar-refractivity contribution in [1.29, 1.82) is 0 Å². The molecule has 3 nitrogen and oxygen atoms in total. The summed E-state index contributed by atoms with van der Waals surface area (Å²) in [5, 5.41) is 10.4. The van der Waals surface area contributed by atoms with Crippen LogP contribution >= 0.6 is 0 Å². The average molecular weight is 458 g/mol.